The first kappa shape index (κ1) is 31.3. The summed E-state index contributed by atoms with van der Waals surface area (Å²) in [4.78, 5) is 13.1. The van der Waals surface area contributed by atoms with E-state index in [1.807, 2.05) is 0 Å². The predicted molar refractivity (Wildman–Crippen MR) is 215 cm³/mol. The Morgan fingerprint density at radius 1 is 0.481 bits per heavy atom. The van der Waals surface area contributed by atoms with Crippen LogP contribution < -0.4 is 4.90 Å². The summed E-state index contributed by atoms with van der Waals surface area (Å²) in [5.74, 6) is 1.76. The standard InChI is InChI=1S/C47H37N5/c1-33-18-12-15-27-43(33)50(38-19-6-3-7-20-38)34(2)35-30-36(46-48-41-25-13-16-28-44(41)51(46)39-21-8-4-9-22-39)32-37(31-35)47-49-42-26-14-17-29-45(42)52(47)40-23-10-5-11-24-40/h3-32,34H,1-2H3. The van der Waals surface area contributed by atoms with E-state index in [2.05, 4.69) is 210 Å². The zero-order valence-electron chi connectivity index (χ0n) is 29.1. The van der Waals surface area contributed by atoms with E-state index in [0.29, 0.717) is 0 Å². The Kier molecular flexibility index (Phi) is 7.94. The number of hydrogen-bond acceptors (Lipinski definition) is 3. The molecule has 0 saturated carbocycles. The van der Waals surface area contributed by atoms with Gasteiger partial charge in [-0.05, 0) is 110 Å². The molecule has 0 amide bonds. The largest absolute Gasteiger partial charge is 0.334 e. The van der Waals surface area contributed by atoms with Crippen molar-refractivity contribution in [2.75, 3.05) is 4.90 Å². The summed E-state index contributed by atoms with van der Waals surface area (Å²) in [5.41, 5.74) is 12.8. The number of fused-ring (bicyclic) bond motifs is 2. The van der Waals surface area contributed by atoms with Crippen LogP contribution in [-0.4, -0.2) is 19.1 Å². The molecule has 1 unspecified atom stereocenters. The van der Waals surface area contributed by atoms with Crippen molar-refractivity contribution < 1.29 is 0 Å². The molecule has 0 fully saturated rings. The number of anilines is 2. The number of rotatable bonds is 8. The lowest BCUT2D eigenvalue weighted by molar-refractivity contribution is 0.771. The maximum atomic E-state index is 5.32. The molecule has 2 heterocycles. The average molecular weight is 672 g/mol. The molecule has 5 heteroatoms. The van der Waals surface area contributed by atoms with Crippen LogP contribution in [0.15, 0.2) is 182 Å². The number of nitrogens with zero attached hydrogens (tertiary/aromatic N) is 5. The molecule has 0 N–H and O–H groups in total. The third kappa shape index (κ3) is 5.53. The van der Waals surface area contributed by atoms with Crippen molar-refractivity contribution in [2.24, 2.45) is 0 Å². The first-order chi connectivity index (χ1) is 25.6. The molecule has 0 aliphatic heterocycles. The lowest BCUT2D eigenvalue weighted by Gasteiger charge is -2.33. The monoisotopic (exact) mass is 671 g/mol. The maximum absolute atomic E-state index is 5.32. The van der Waals surface area contributed by atoms with Gasteiger partial charge in [-0.3, -0.25) is 9.13 Å². The third-order valence-corrected chi connectivity index (χ3v) is 9.90. The molecular formula is C47H37N5. The van der Waals surface area contributed by atoms with Gasteiger partial charge in [0.15, 0.2) is 0 Å². The summed E-state index contributed by atoms with van der Waals surface area (Å²) >= 11 is 0. The fraction of sp³-hybridized carbons (Fsp3) is 0.0638. The summed E-state index contributed by atoms with van der Waals surface area (Å²) < 4.78 is 4.55. The molecule has 0 spiro atoms. The highest BCUT2D eigenvalue weighted by Gasteiger charge is 2.25. The molecule has 0 saturated heterocycles. The molecular weight excluding hydrogens is 635 g/mol. The zero-order chi connectivity index (χ0) is 35.0. The van der Waals surface area contributed by atoms with Crippen molar-refractivity contribution >= 4 is 33.4 Å². The van der Waals surface area contributed by atoms with Gasteiger partial charge in [-0.25, -0.2) is 9.97 Å². The summed E-state index contributed by atoms with van der Waals surface area (Å²) in [5, 5.41) is 0. The lowest BCUT2D eigenvalue weighted by Crippen LogP contribution is -2.22. The van der Waals surface area contributed by atoms with Gasteiger partial charge in [0.05, 0.1) is 28.1 Å². The van der Waals surface area contributed by atoms with E-state index < -0.39 is 0 Å². The van der Waals surface area contributed by atoms with Crippen molar-refractivity contribution in [3.8, 4) is 34.2 Å². The molecule has 0 bridgehead atoms. The minimum atomic E-state index is -0.0497. The molecule has 0 aliphatic rings. The Labute approximate surface area is 303 Å². The lowest BCUT2D eigenvalue weighted by atomic mass is 9.97. The third-order valence-electron chi connectivity index (χ3n) is 9.90. The van der Waals surface area contributed by atoms with Crippen LogP contribution in [0.25, 0.3) is 56.2 Å². The average Bonchev–Trinajstić information content (AvgIpc) is 3.79. The maximum Gasteiger partial charge on any atom is 0.145 e. The van der Waals surface area contributed by atoms with Crippen molar-refractivity contribution in [1.29, 1.82) is 0 Å². The molecule has 5 nitrogen and oxygen atoms in total. The first-order valence-electron chi connectivity index (χ1n) is 17.8. The molecule has 9 rings (SSSR count). The molecule has 0 aliphatic carbocycles. The Balaban J connectivity index is 1.33. The number of imidazole rings is 2. The van der Waals surface area contributed by atoms with Crippen LogP contribution in [0.4, 0.5) is 11.4 Å². The molecule has 2 aromatic heterocycles. The fourth-order valence-corrected chi connectivity index (χ4v) is 7.41. The van der Waals surface area contributed by atoms with Gasteiger partial charge in [0.2, 0.25) is 0 Å². The van der Waals surface area contributed by atoms with Crippen molar-refractivity contribution in [3.63, 3.8) is 0 Å². The number of aryl methyl sites for hydroxylation is 1. The second-order valence-corrected chi connectivity index (χ2v) is 13.2. The van der Waals surface area contributed by atoms with Gasteiger partial charge in [0, 0.05) is 33.9 Å². The fourth-order valence-electron chi connectivity index (χ4n) is 7.41. The highest BCUT2D eigenvalue weighted by Crippen LogP contribution is 2.41. The highest BCUT2D eigenvalue weighted by molar-refractivity contribution is 5.87. The quantitative estimate of drug-likeness (QED) is 0.161. The topological polar surface area (TPSA) is 38.9 Å². The van der Waals surface area contributed by atoms with Crippen LogP contribution in [0, 0.1) is 6.92 Å². The van der Waals surface area contributed by atoms with Crippen LogP contribution >= 0.6 is 0 Å². The number of aromatic nitrogens is 4. The molecule has 1 atom stereocenters. The predicted octanol–water partition coefficient (Wildman–Crippen LogP) is 11.9. The Bertz CT molecular complexity index is 2520. The van der Waals surface area contributed by atoms with Crippen molar-refractivity contribution in [1.82, 2.24) is 19.1 Å². The summed E-state index contributed by atoms with van der Waals surface area (Å²) in [6.45, 7) is 4.48. The molecule has 52 heavy (non-hydrogen) atoms. The van der Waals surface area contributed by atoms with Gasteiger partial charge >= 0.3 is 0 Å². The van der Waals surface area contributed by atoms with Gasteiger partial charge < -0.3 is 4.90 Å². The minimum Gasteiger partial charge on any atom is -0.334 e. The van der Waals surface area contributed by atoms with E-state index in [1.54, 1.807) is 0 Å². The second kappa shape index (κ2) is 13.2. The zero-order valence-corrected chi connectivity index (χ0v) is 29.1. The number of benzene rings is 7. The Hall–Kier alpha value is -6.72. The second-order valence-electron chi connectivity index (χ2n) is 13.2. The SMILES string of the molecule is Cc1ccccc1N(c1ccccc1)C(C)c1cc(-c2nc3ccccc3n2-c2ccccc2)cc(-c2nc3ccccc3n2-c2ccccc2)c1. The number of hydrogen-bond donors (Lipinski definition) is 0. The van der Waals surface area contributed by atoms with Crippen molar-refractivity contribution in [2.45, 2.75) is 19.9 Å². The Morgan fingerprint density at radius 2 is 0.923 bits per heavy atom. The van der Waals surface area contributed by atoms with E-state index in [9.17, 15) is 0 Å². The van der Waals surface area contributed by atoms with E-state index in [0.717, 1.165) is 67.5 Å². The van der Waals surface area contributed by atoms with Crippen LogP contribution in [0.1, 0.15) is 24.1 Å². The summed E-state index contributed by atoms with van der Waals surface area (Å²) in [6.07, 6.45) is 0. The van der Waals surface area contributed by atoms with Gasteiger partial charge in [-0.2, -0.15) is 0 Å². The first-order valence-corrected chi connectivity index (χ1v) is 17.8. The van der Waals surface area contributed by atoms with Gasteiger partial charge in [-0.1, -0.05) is 97.1 Å². The van der Waals surface area contributed by atoms with Crippen LogP contribution in [0.3, 0.4) is 0 Å². The van der Waals surface area contributed by atoms with E-state index >= 15 is 0 Å². The van der Waals surface area contributed by atoms with Gasteiger partial charge in [0.1, 0.15) is 11.6 Å². The van der Waals surface area contributed by atoms with Crippen LogP contribution in [0.5, 0.6) is 0 Å². The van der Waals surface area contributed by atoms with Crippen LogP contribution in [-0.2, 0) is 0 Å². The molecule has 7 aromatic carbocycles. The minimum absolute atomic E-state index is 0.0497. The van der Waals surface area contributed by atoms with E-state index in [-0.39, 0.29) is 6.04 Å². The van der Waals surface area contributed by atoms with Gasteiger partial charge in [-0.15, -0.1) is 0 Å². The molecule has 0 radical (unpaired) electrons. The van der Waals surface area contributed by atoms with Crippen LogP contribution in [0.2, 0.25) is 0 Å². The molecule has 250 valence electrons. The van der Waals surface area contributed by atoms with Crippen molar-refractivity contribution in [3.05, 3.63) is 193 Å². The van der Waals surface area contributed by atoms with E-state index in [4.69, 9.17) is 9.97 Å². The molecule has 9 aromatic rings. The van der Waals surface area contributed by atoms with E-state index in [1.165, 1.54) is 11.3 Å². The highest BCUT2D eigenvalue weighted by atomic mass is 15.2. The normalized spacial score (nSPS) is 12.0. The number of para-hydroxylation sites is 8. The summed E-state index contributed by atoms with van der Waals surface area (Å²) in [6, 6.07) is 64.0. The smallest absolute Gasteiger partial charge is 0.145 e. The Morgan fingerprint density at radius 3 is 1.44 bits per heavy atom. The van der Waals surface area contributed by atoms with Gasteiger partial charge in [0.25, 0.3) is 0 Å². The summed E-state index contributed by atoms with van der Waals surface area (Å²) in [7, 11) is 0.